The van der Waals surface area contributed by atoms with Crippen molar-refractivity contribution in [3.05, 3.63) is 124 Å². The third kappa shape index (κ3) is 4.97. The number of hydrogen-bond donors (Lipinski definition) is 1. The van der Waals surface area contributed by atoms with E-state index in [0.717, 1.165) is 27.9 Å². The average Bonchev–Trinajstić information content (AvgIpc) is 2.93. The van der Waals surface area contributed by atoms with Crippen LogP contribution in [0.5, 0.6) is 11.5 Å². The van der Waals surface area contributed by atoms with Crippen molar-refractivity contribution in [2.75, 3.05) is 7.11 Å². The first-order chi connectivity index (χ1) is 18.0. The number of nitrogens with zero attached hydrogens (tertiary/aromatic N) is 3. The van der Waals surface area contributed by atoms with Crippen LogP contribution >= 0.6 is 0 Å². The number of phenolic OH excluding ortho intramolecular Hbond substituents is 1. The maximum absolute atomic E-state index is 13.7. The molecule has 180 valence electrons. The van der Waals surface area contributed by atoms with Gasteiger partial charge >= 0.3 is 0 Å². The van der Waals surface area contributed by atoms with Crippen molar-refractivity contribution in [1.82, 2.24) is 14.5 Å². The van der Waals surface area contributed by atoms with E-state index in [1.165, 1.54) is 7.11 Å². The first kappa shape index (κ1) is 23.6. The molecule has 0 aliphatic carbocycles. The summed E-state index contributed by atoms with van der Waals surface area (Å²) in [6.45, 7) is 1.95. The van der Waals surface area contributed by atoms with Gasteiger partial charge < -0.3 is 9.84 Å². The zero-order chi connectivity index (χ0) is 25.8. The van der Waals surface area contributed by atoms with E-state index in [1.807, 2.05) is 61.5 Å². The predicted molar refractivity (Wildman–Crippen MR) is 146 cm³/mol. The van der Waals surface area contributed by atoms with Crippen molar-refractivity contribution < 1.29 is 9.84 Å². The van der Waals surface area contributed by atoms with Crippen molar-refractivity contribution in [3.63, 3.8) is 0 Å². The Balaban J connectivity index is 1.61. The molecule has 0 bridgehead atoms. The average molecular weight is 486 g/mol. The number of aromatic hydroxyl groups is 1. The predicted octanol–water partition coefficient (Wildman–Crippen LogP) is 5.37. The van der Waals surface area contributed by atoms with Gasteiger partial charge in [0.1, 0.15) is 5.82 Å². The Hall–Kier alpha value is -5.15. The third-order valence-corrected chi connectivity index (χ3v) is 5.88. The summed E-state index contributed by atoms with van der Waals surface area (Å²) in [5.41, 5.74) is 4.52. The fourth-order valence-corrected chi connectivity index (χ4v) is 4.03. The lowest BCUT2D eigenvalue weighted by Crippen LogP contribution is -2.23. The summed E-state index contributed by atoms with van der Waals surface area (Å²) in [6, 6.07) is 21.8. The second kappa shape index (κ2) is 10.2. The van der Waals surface area contributed by atoms with E-state index in [1.54, 1.807) is 47.3 Å². The first-order valence-corrected chi connectivity index (χ1v) is 11.6. The maximum Gasteiger partial charge on any atom is 0.266 e. The minimum Gasteiger partial charge on any atom is -0.504 e. The molecule has 0 saturated carbocycles. The molecule has 1 N–H and O–H groups in total. The lowest BCUT2D eigenvalue weighted by molar-refractivity contribution is 0.373. The Morgan fingerprint density at radius 3 is 2.57 bits per heavy atom. The van der Waals surface area contributed by atoms with Crippen LogP contribution in [0.25, 0.3) is 28.7 Å². The Morgan fingerprint density at radius 2 is 1.78 bits per heavy atom. The standard InChI is InChI=1S/C31H23N3O3/c1-21-18-22(9-10-24-6-5-17-32-20-24)11-14-27(21)34-30(33-26-8-4-3-7-25(26)31(34)36)16-13-23-12-15-28(35)29(19-23)37-2/h3-8,11-20,35H,1-2H3/b16-13+. The second-order valence-corrected chi connectivity index (χ2v) is 8.39. The molecule has 0 saturated heterocycles. The van der Waals surface area contributed by atoms with Gasteiger partial charge in [-0.2, -0.15) is 0 Å². The fourth-order valence-electron chi connectivity index (χ4n) is 4.03. The third-order valence-electron chi connectivity index (χ3n) is 5.88. The summed E-state index contributed by atoms with van der Waals surface area (Å²) in [4.78, 5) is 22.5. The monoisotopic (exact) mass is 485 g/mol. The van der Waals surface area contributed by atoms with Crippen molar-refractivity contribution >= 4 is 23.1 Å². The molecule has 3 aromatic carbocycles. The van der Waals surface area contributed by atoms with Gasteiger partial charge in [-0.05, 0) is 78.7 Å². The summed E-state index contributed by atoms with van der Waals surface area (Å²) >= 11 is 0. The van der Waals surface area contributed by atoms with E-state index >= 15 is 0 Å². The maximum atomic E-state index is 13.7. The second-order valence-electron chi connectivity index (χ2n) is 8.39. The number of pyridine rings is 1. The molecule has 37 heavy (non-hydrogen) atoms. The molecule has 0 fully saturated rings. The molecular formula is C31H23N3O3. The summed E-state index contributed by atoms with van der Waals surface area (Å²) < 4.78 is 6.83. The van der Waals surface area contributed by atoms with Gasteiger partial charge in [0, 0.05) is 23.5 Å². The van der Waals surface area contributed by atoms with Crippen LogP contribution in [-0.4, -0.2) is 26.8 Å². The van der Waals surface area contributed by atoms with Crippen molar-refractivity contribution in [3.8, 4) is 29.0 Å². The van der Waals surface area contributed by atoms with Crippen molar-refractivity contribution in [1.29, 1.82) is 0 Å². The van der Waals surface area contributed by atoms with Crippen LogP contribution in [-0.2, 0) is 0 Å². The molecule has 5 rings (SSSR count). The van der Waals surface area contributed by atoms with Gasteiger partial charge in [-0.15, -0.1) is 0 Å². The Kier molecular flexibility index (Phi) is 6.52. The van der Waals surface area contributed by atoms with E-state index < -0.39 is 0 Å². The Labute approximate surface area is 214 Å². The smallest absolute Gasteiger partial charge is 0.266 e. The highest BCUT2D eigenvalue weighted by Crippen LogP contribution is 2.27. The van der Waals surface area contributed by atoms with Gasteiger partial charge in [0.15, 0.2) is 11.5 Å². The molecule has 0 spiro atoms. The van der Waals surface area contributed by atoms with Gasteiger partial charge in [-0.3, -0.25) is 14.3 Å². The number of aromatic nitrogens is 3. The normalized spacial score (nSPS) is 10.9. The van der Waals surface area contributed by atoms with E-state index in [2.05, 4.69) is 16.8 Å². The molecule has 2 aromatic heterocycles. The summed E-state index contributed by atoms with van der Waals surface area (Å²) in [5, 5.41) is 10.4. The molecule has 0 radical (unpaired) electrons. The van der Waals surface area contributed by atoms with E-state index in [-0.39, 0.29) is 11.3 Å². The number of methoxy groups -OCH3 is 1. The van der Waals surface area contributed by atoms with Gasteiger partial charge in [0.25, 0.3) is 5.56 Å². The van der Waals surface area contributed by atoms with Crippen LogP contribution in [0.15, 0.2) is 90.0 Å². The van der Waals surface area contributed by atoms with E-state index in [4.69, 9.17) is 9.72 Å². The molecule has 0 aliphatic rings. The molecule has 6 nitrogen and oxygen atoms in total. The van der Waals surface area contributed by atoms with Crippen LogP contribution in [0.2, 0.25) is 0 Å². The summed E-state index contributed by atoms with van der Waals surface area (Å²) in [7, 11) is 1.50. The zero-order valence-electron chi connectivity index (χ0n) is 20.3. The number of phenols is 1. The largest absolute Gasteiger partial charge is 0.504 e. The zero-order valence-corrected chi connectivity index (χ0v) is 20.3. The number of rotatable bonds is 4. The van der Waals surface area contributed by atoms with Gasteiger partial charge in [-0.25, -0.2) is 4.98 Å². The lowest BCUT2D eigenvalue weighted by Gasteiger charge is -2.14. The van der Waals surface area contributed by atoms with E-state index in [0.29, 0.717) is 22.5 Å². The molecule has 0 unspecified atom stereocenters. The minimum atomic E-state index is -0.161. The Morgan fingerprint density at radius 1 is 0.946 bits per heavy atom. The van der Waals surface area contributed by atoms with Crippen LogP contribution < -0.4 is 10.3 Å². The minimum absolute atomic E-state index is 0.0581. The van der Waals surface area contributed by atoms with E-state index in [9.17, 15) is 9.90 Å². The summed E-state index contributed by atoms with van der Waals surface area (Å²) in [5.74, 6) is 7.18. The number of ether oxygens (including phenoxy) is 1. The highest BCUT2D eigenvalue weighted by Gasteiger charge is 2.13. The van der Waals surface area contributed by atoms with Crippen molar-refractivity contribution in [2.45, 2.75) is 6.92 Å². The molecule has 5 aromatic rings. The summed E-state index contributed by atoms with van der Waals surface area (Å²) in [6.07, 6.45) is 7.05. The molecular weight excluding hydrogens is 462 g/mol. The molecule has 2 heterocycles. The number of hydrogen-bond acceptors (Lipinski definition) is 5. The van der Waals surface area contributed by atoms with Crippen LogP contribution in [0.4, 0.5) is 0 Å². The van der Waals surface area contributed by atoms with Gasteiger partial charge in [0.2, 0.25) is 0 Å². The fraction of sp³-hybridized carbons (Fsp3) is 0.0645. The topological polar surface area (TPSA) is 77.2 Å². The SMILES string of the molecule is COc1cc(/C=C/c2nc3ccccc3c(=O)n2-c2ccc(C#Cc3cccnc3)cc2C)ccc1O. The molecule has 0 aliphatic heterocycles. The quantitative estimate of drug-likeness (QED) is 0.346. The highest BCUT2D eigenvalue weighted by molar-refractivity contribution is 5.80. The van der Waals surface area contributed by atoms with Gasteiger partial charge in [-0.1, -0.05) is 36.1 Å². The number of para-hydroxylation sites is 1. The van der Waals surface area contributed by atoms with Crippen LogP contribution in [0.1, 0.15) is 28.1 Å². The first-order valence-electron chi connectivity index (χ1n) is 11.6. The van der Waals surface area contributed by atoms with Crippen molar-refractivity contribution in [2.24, 2.45) is 0 Å². The Bertz CT molecular complexity index is 1760. The number of benzene rings is 3. The van der Waals surface area contributed by atoms with Crippen LogP contribution in [0.3, 0.4) is 0 Å². The molecule has 6 heteroatoms. The number of aryl methyl sites for hydroxylation is 1. The molecule has 0 atom stereocenters. The van der Waals surface area contributed by atoms with Gasteiger partial charge in [0.05, 0.1) is 23.7 Å². The molecule has 0 amide bonds. The highest BCUT2D eigenvalue weighted by atomic mass is 16.5. The van der Waals surface area contributed by atoms with Crippen LogP contribution in [0, 0.1) is 18.8 Å². The lowest BCUT2D eigenvalue weighted by atomic mass is 10.1. The number of fused-ring (bicyclic) bond motifs is 1.